The van der Waals surface area contributed by atoms with Crippen LogP contribution in [0.5, 0.6) is 0 Å². The monoisotopic (exact) mass is 502 g/mol. The molecule has 2 bridgehead atoms. The molecule has 2 aliphatic rings. The van der Waals surface area contributed by atoms with E-state index in [4.69, 9.17) is 5.73 Å². The van der Waals surface area contributed by atoms with Crippen LogP contribution >= 0.6 is 0 Å². The summed E-state index contributed by atoms with van der Waals surface area (Å²) in [6.07, 6.45) is 4.18. The third-order valence-corrected chi connectivity index (χ3v) is 9.35. The van der Waals surface area contributed by atoms with Crippen molar-refractivity contribution in [1.82, 2.24) is 13.5 Å². The van der Waals surface area contributed by atoms with E-state index in [1.54, 1.807) is 44.4 Å². The van der Waals surface area contributed by atoms with Crippen LogP contribution in [0.25, 0.3) is 0 Å². The van der Waals surface area contributed by atoms with Crippen LogP contribution in [0.15, 0.2) is 48.5 Å². The first-order valence-corrected chi connectivity index (χ1v) is 13.6. The van der Waals surface area contributed by atoms with Crippen LogP contribution in [-0.4, -0.2) is 67.1 Å². The minimum Gasteiger partial charge on any atom is -0.366 e. The number of carbonyl (C=O) groups excluding carboxylic acids is 1. The van der Waals surface area contributed by atoms with Crippen molar-refractivity contribution in [3.8, 4) is 0 Å². The standard InChI is InChI=1S/C26H35FN4O3S/c1-29(2)35(33,34)30(18-20-8-6-19(17-27)7-9-20)12-13-31-24-10-11-25(31)16-23(15-24)21-4-3-5-22(14-21)26(28)32/h3-9,14,23-25H,10-13,15-18H2,1-2H3,(H2,28,32)/t23-,24+,25-. The van der Waals surface area contributed by atoms with Gasteiger partial charge in [-0.15, -0.1) is 0 Å². The number of halogens is 1. The highest BCUT2D eigenvalue weighted by Crippen LogP contribution is 2.43. The first-order valence-electron chi connectivity index (χ1n) is 12.2. The van der Waals surface area contributed by atoms with Crippen molar-refractivity contribution >= 4 is 16.1 Å². The quantitative estimate of drug-likeness (QED) is 0.540. The third kappa shape index (κ3) is 5.74. The van der Waals surface area contributed by atoms with E-state index < -0.39 is 22.8 Å². The number of primary amides is 1. The molecule has 9 heteroatoms. The Labute approximate surface area is 207 Å². The maximum atomic E-state index is 13.1. The van der Waals surface area contributed by atoms with Crippen LogP contribution in [0, 0.1) is 0 Å². The summed E-state index contributed by atoms with van der Waals surface area (Å²) in [6, 6.07) is 15.4. The van der Waals surface area contributed by atoms with Gasteiger partial charge in [-0.05, 0) is 60.4 Å². The lowest BCUT2D eigenvalue weighted by molar-refractivity contribution is 0.0999. The molecule has 7 nitrogen and oxygen atoms in total. The number of hydrogen-bond acceptors (Lipinski definition) is 4. The fraction of sp³-hybridized carbons (Fsp3) is 0.500. The Balaban J connectivity index is 1.44. The molecule has 2 fully saturated rings. The minimum atomic E-state index is -3.61. The second-order valence-corrected chi connectivity index (χ2v) is 12.0. The van der Waals surface area contributed by atoms with E-state index in [2.05, 4.69) is 11.0 Å². The van der Waals surface area contributed by atoms with Crippen molar-refractivity contribution in [1.29, 1.82) is 0 Å². The number of nitrogens with two attached hydrogens (primary N) is 1. The van der Waals surface area contributed by atoms with Crippen LogP contribution in [0.2, 0.25) is 0 Å². The number of nitrogens with zero attached hydrogens (tertiary/aromatic N) is 3. The zero-order valence-electron chi connectivity index (χ0n) is 20.4. The summed E-state index contributed by atoms with van der Waals surface area (Å²) >= 11 is 0. The predicted octanol–water partition coefficient (Wildman–Crippen LogP) is 3.27. The van der Waals surface area contributed by atoms with Gasteiger partial charge < -0.3 is 5.73 Å². The van der Waals surface area contributed by atoms with Crippen molar-refractivity contribution in [2.45, 2.75) is 56.9 Å². The van der Waals surface area contributed by atoms with Crippen molar-refractivity contribution < 1.29 is 17.6 Å². The molecule has 2 N–H and O–H groups in total. The summed E-state index contributed by atoms with van der Waals surface area (Å²) in [4.78, 5) is 14.1. The minimum absolute atomic E-state index is 0.249. The van der Waals surface area contributed by atoms with Gasteiger partial charge in [-0.3, -0.25) is 9.69 Å². The van der Waals surface area contributed by atoms with Gasteiger partial charge in [0.25, 0.3) is 10.2 Å². The van der Waals surface area contributed by atoms with Crippen molar-refractivity contribution in [2.24, 2.45) is 5.73 Å². The summed E-state index contributed by atoms with van der Waals surface area (Å²) in [6.45, 7) is 0.767. The van der Waals surface area contributed by atoms with E-state index in [0.29, 0.717) is 42.2 Å². The highest BCUT2D eigenvalue weighted by Gasteiger charge is 2.41. The van der Waals surface area contributed by atoms with E-state index in [1.165, 1.54) is 8.61 Å². The summed E-state index contributed by atoms with van der Waals surface area (Å²) in [7, 11) is -0.522. The van der Waals surface area contributed by atoms with Gasteiger partial charge >= 0.3 is 0 Å². The first kappa shape index (κ1) is 25.8. The fourth-order valence-electron chi connectivity index (χ4n) is 5.53. The second kappa shape index (κ2) is 10.7. The smallest absolute Gasteiger partial charge is 0.281 e. The lowest BCUT2D eigenvalue weighted by atomic mass is 9.84. The molecule has 2 aromatic rings. The molecule has 1 amide bonds. The van der Waals surface area contributed by atoms with Gasteiger partial charge in [0, 0.05) is 51.4 Å². The van der Waals surface area contributed by atoms with Crippen LogP contribution in [0.4, 0.5) is 4.39 Å². The van der Waals surface area contributed by atoms with Gasteiger partial charge in [-0.2, -0.15) is 17.0 Å². The molecule has 2 aliphatic heterocycles. The summed E-state index contributed by atoms with van der Waals surface area (Å²) in [5, 5.41) is 0. The highest BCUT2D eigenvalue weighted by atomic mass is 32.2. The number of alkyl halides is 1. The van der Waals surface area contributed by atoms with E-state index in [9.17, 15) is 17.6 Å². The molecule has 0 spiro atoms. The van der Waals surface area contributed by atoms with Crippen molar-refractivity contribution in [3.05, 3.63) is 70.8 Å². The SMILES string of the molecule is CN(C)S(=O)(=O)N(CCN1[C@@H]2CC[C@H]1C[C@@H](c1cccc(C(N)=O)c1)C2)Cc1ccc(CF)cc1. The normalized spacial score (nSPS) is 22.7. The van der Waals surface area contributed by atoms with Crippen molar-refractivity contribution in [3.63, 3.8) is 0 Å². The molecule has 190 valence electrons. The van der Waals surface area contributed by atoms with Crippen molar-refractivity contribution in [2.75, 3.05) is 27.2 Å². The Morgan fingerprint density at radius 2 is 1.69 bits per heavy atom. The second-order valence-electron chi connectivity index (χ2n) is 9.85. The molecule has 4 rings (SSSR count). The number of carbonyl (C=O) groups is 1. The largest absolute Gasteiger partial charge is 0.366 e. The summed E-state index contributed by atoms with van der Waals surface area (Å²) in [5.41, 5.74) is 8.59. The van der Waals surface area contributed by atoms with Crippen LogP contribution in [0.3, 0.4) is 0 Å². The molecular weight excluding hydrogens is 467 g/mol. The lowest BCUT2D eigenvalue weighted by Crippen LogP contribution is -2.48. The average molecular weight is 503 g/mol. The van der Waals surface area contributed by atoms with Gasteiger partial charge in [0.15, 0.2) is 0 Å². The zero-order valence-corrected chi connectivity index (χ0v) is 21.3. The maximum absolute atomic E-state index is 13.1. The maximum Gasteiger partial charge on any atom is 0.281 e. The Bertz CT molecular complexity index is 1130. The predicted molar refractivity (Wildman–Crippen MR) is 135 cm³/mol. The van der Waals surface area contributed by atoms with Gasteiger partial charge in [-0.25, -0.2) is 4.39 Å². The van der Waals surface area contributed by atoms with Gasteiger partial charge in [0.1, 0.15) is 6.67 Å². The van der Waals surface area contributed by atoms with E-state index in [0.717, 1.165) is 36.8 Å². The van der Waals surface area contributed by atoms with Gasteiger partial charge in [0.2, 0.25) is 5.91 Å². The molecule has 0 radical (unpaired) electrons. The molecule has 0 aliphatic carbocycles. The number of hydrogen-bond donors (Lipinski definition) is 1. The van der Waals surface area contributed by atoms with E-state index in [-0.39, 0.29) is 6.54 Å². The van der Waals surface area contributed by atoms with E-state index in [1.807, 2.05) is 12.1 Å². The average Bonchev–Trinajstić information content (AvgIpc) is 3.08. The molecular formula is C26H35FN4O3S. The van der Waals surface area contributed by atoms with Gasteiger partial charge in [0.05, 0.1) is 0 Å². The zero-order chi connectivity index (χ0) is 25.2. The Morgan fingerprint density at radius 3 is 2.26 bits per heavy atom. The Morgan fingerprint density at radius 1 is 1.06 bits per heavy atom. The molecule has 0 unspecified atom stereocenters. The molecule has 0 saturated carbocycles. The molecule has 0 aromatic heterocycles. The topological polar surface area (TPSA) is 87.0 Å². The fourth-order valence-corrected chi connectivity index (χ4v) is 6.62. The lowest BCUT2D eigenvalue weighted by Gasteiger charge is -2.40. The Hall–Kier alpha value is -2.33. The molecule has 3 atom stereocenters. The van der Waals surface area contributed by atoms with Gasteiger partial charge in [-0.1, -0.05) is 36.4 Å². The molecule has 2 saturated heterocycles. The number of amides is 1. The molecule has 35 heavy (non-hydrogen) atoms. The third-order valence-electron chi connectivity index (χ3n) is 7.46. The summed E-state index contributed by atoms with van der Waals surface area (Å²) < 4.78 is 41.8. The number of fused-ring (bicyclic) bond motifs is 2. The number of piperidine rings is 1. The first-order chi connectivity index (χ1) is 16.7. The van der Waals surface area contributed by atoms with E-state index >= 15 is 0 Å². The highest BCUT2D eigenvalue weighted by molar-refractivity contribution is 7.86. The van der Waals surface area contributed by atoms with Crippen LogP contribution in [-0.2, 0) is 23.4 Å². The van der Waals surface area contributed by atoms with Crippen LogP contribution < -0.4 is 5.73 Å². The van der Waals surface area contributed by atoms with Crippen LogP contribution in [0.1, 0.15) is 58.6 Å². The molecule has 2 aromatic carbocycles. The summed E-state index contributed by atoms with van der Waals surface area (Å²) in [5.74, 6) is -0.0348. The Kier molecular flexibility index (Phi) is 7.90. The number of benzene rings is 2. The number of rotatable bonds is 10. The molecule has 2 heterocycles.